The van der Waals surface area contributed by atoms with Crippen molar-refractivity contribution in [3.8, 4) is 0 Å². The van der Waals surface area contributed by atoms with Crippen molar-refractivity contribution >= 4 is 0 Å². The number of hydrogen-bond acceptors (Lipinski definition) is 0. The van der Waals surface area contributed by atoms with Gasteiger partial charge in [0.25, 0.3) is 0 Å². The Hall–Kier alpha value is 0. The minimum atomic E-state index is 0.848. The van der Waals surface area contributed by atoms with E-state index in [0.717, 1.165) is 23.7 Å². The first-order valence-corrected chi connectivity index (χ1v) is 5.97. The van der Waals surface area contributed by atoms with Gasteiger partial charge >= 0.3 is 0 Å². The third kappa shape index (κ3) is 6.12. The molecule has 0 saturated heterocycles. The largest absolute Gasteiger partial charge is 0.0651 e. The van der Waals surface area contributed by atoms with Crippen LogP contribution >= 0.6 is 0 Å². The lowest BCUT2D eigenvalue weighted by atomic mass is 9.83. The fraction of sp³-hybridized carbons (Fsp3) is 1.00. The predicted molar refractivity (Wildman–Crippen MR) is 61.9 cm³/mol. The van der Waals surface area contributed by atoms with Crippen molar-refractivity contribution in [2.75, 3.05) is 0 Å². The van der Waals surface area contributed by atoms with Crippen molar-refractivity contribution in [2.45, 2.75) is 60.8 Å². The van der Waals surface area contributed by atoms with Gasteiger partial charge in [-0.1, -0.05) is 48.0 Å². The van der Waals surface area contributed by atoms with Crippen LogP contribution in [0.25, 0.3) is 0 Å². The fourth-order valence-electron chi connectivity index (χ4n) is 1.89. The molecule has 0 N–H and O–H groups in total. The van der Waals surface area contributed by atoms with Gasteiger partial charge in [0.05, 0.1) is 0 Å². The molecule has 0 saturated carbocycles. The molecule has 0 radical (unpaired) electrons. The Kier molecular flexibility index (Phi) is 6.45. The van der Waals surface area contributed by atoms with Gasteiger partial charge in [-0.15, -0.1) is 0 Å². The van der Waals surface area contributed by atoms with E-state index in [1.165, 1.54) is 19.3 Å². The summed E-state index contributed by atoms with van der Waals surface area (Å²) >= 11 is 0. The molecular formula is C13H28. The second-order valence-electron chi connectivity index (χ2n) is 5.36. The van der Waals surface area contributed by atoms with Crippen molar-refractivity contribution in [3.63, 3.8) is 0 Å². The Morgan fingerprint density at radius 2 is 1.38 bits per heavy atom. The molecule has 0 heterocycles. The molecule has 13 heavy (non-hydrogen) atoms. The first kappa shape index (κ1) is 13.0. The summed E-state index contributed by atoms with van der Waals surface area (Å²) in [6.07, 6.45) is 4.19. The maximum absolute atomic E-state index is 2.40. The smallest absolute Gasteiger partial charge is 0.0412 e. The van der Waals surface area contributed by atoms with Crippen LogP contribution in [0.4, 0.5) is 0 Å². The van der Waals surface area contributed by atoms with Gasteiger partial charge in [-0.2, -0.15) is 0 Å². The van der Waals surface area contributed by atoms with Crippen LogP contribution in [0, 0.1) is 23.7 Å². The second kappa shape index (κ2) is 6.45. The van der Waals surface area contributed by atoms with E-state index >= 15 is 0 Å². The molecule has 0 aliphatic heterocycles. The SMILES string of the molecule is CC[C@@H](CC(C)C)C[C@@H](C)C(C)C. The van der Waals surface area contributed by atoms with E-state index in [-0.39, 0.29) is 0 Å². The van der Waals surface area contributed by atoms with Crippen LogP contribution in [0.1, 0.15) is 60.8 Å². The summed E-state index contributed by atoms with van der Waals surface area (Å²) < 4.78 is 0. The Morgan fingerprint density at radius 1 is 0.846 bits per heavy atom. The average Bonchev–Trinajstić information content (AvgIpc) is 2.02. The number of hydrogen-bond donors (Lipinski definition) is 0. The van der Waals surface area contributed by atoms with Gasteiger partial charge in [0.2, 0.25) is 0 Å². The Balaban J connectivity index is 3.83. The summed E-state index contributed by atoms with van der Waals surface area (Å²) in [7, 11) is 0. The first-order valence-electron chi connectivity index (χ1n) is 5.97. The highest BCUT2D eigenvalue weighted by Crippen LogP contribution is 2.26. The number of rotatable bonds is 6. The maximum Gasteiger partial charge on any atom is -0.0412 e. The minimum Gasteiger partial charge on any atom is -0.0651 e. The summed E-state index contributed by atoms with van der Waals surface area (Å²) in [6, 6.07) is 0. The topological polar surface area (TPSA) is 0 Å². The van der Waals surface area contributed by atoms with Gasteiger partial charge < -0.3 is 0 Å². The monoisotopic (exact) mass is 184 g/mol. The zero-order valence-electron chi connectivity index (χ0n) is 10.4. The molecule has 0 aromatic rings. The predicted octanol–water partition coefficient (Wildman–Crippen LogP) is 4.74. The first-order chi connectivity index (χ1) is 5.97. The summed E-state index contributed by atoms with van der Waals surface area (Å²) in [6.45, 7) is 14.1. The average molecular weight is 184 g/mol. The van der Waals surface area contributed by atoms with Gasteiger partial charge in [0.15, 0.2) is 0 Å². The summed E-state index contributed by atoms with van der Waals surface area (Å²) in [5, 5.41) is 0. The van der Waals surface area contributed by atoms with Crippen LogP contribution in [0.5, 0.6) is 0 Å². The molecule has 0 fully saturated rings. The zero-order valence-corrected chi connectivity index (χ0v) is 10.4. The van der Waals surface area contributed by atoms with E-state index < -0.39 is 0 Å². The van der Waals surface area contributed by atoms with Crippen molar-refractivity contribution in [1.82, 2.24) is 0 Å². The molecule has 0 nitrogen and oxygen atoms in total. The molecule has 0 spiro atoms. The van der Waals surface area contributed by atoms with Gasteiger partial charge in [0.1, 0.15) is 0 Å². The molecule has 0 aromatic carbocycles. The van der Waals surface area contributed by atoms with Crippen LogP contribution in [-0.4, -0.2) is 0 Å². The van der Waals surface area contributed by atoms with Crippen molar-refractivity contribution in [3.05, 3.63) is 0 Å². The lowest BCUT2D eigenvalue weighted by Gasteiger charge is -2.23. The van der Waals surface area contributed by atoms with E-state index in [1.54, 1.807) is 0 Å². The quantitative estimate of drug-likeness (QED) is 0.559. The standard InChI is InChI=1S/C13H28/c1-7-13(8-10(2)3)9-12(6)11(4)5/h10-13H,7-9H2,1-6H3/t12-,13+/m1/s1. The molecule has 2 atom stereocenters. The van der Waals surface area contributed by atoms with Crippen molar-refractivity contribution in [1.29, 1.82) is 0 Å². The van der Waals surface area contributed by atoms with Crippen LogP contribution in [0.15, 0.2) is 0 Å². The highest BCUT2D eigenvalue weighted by molar-refractivity contribution is 4.66. The van der Waals surface area contributed by atoms with Crippen LogP contribution in [-0.2, 0) is 0 Å². The molecule has 0 heteroatoms. The van der Waals surface area contributed by atoms with E-state index in [0.29, 0.717) is 0 Å². The van der Waals surface area contributed by atoms with Crippen LogP contribution < -0.4 is 0 Å². The fourth-order valence-corrected chi connectivity index (χ4v) is 1.89. The second-order valence-corrected chi connectivity index (χ2v) is 5.36. The van der Waals surface area contributed by atoms with Gasteiger partial charge in [-0.3, -0.25) is 0 Å². The summed E-state index contributed by atoms with van der Waals surface area (Å²) in [4.78, 5) is 0. The maximum atomic E-state index is 2.40. The minimum absolute atomic E-state index is 0.848. The van der Waals surface area contributed by atoms with Gasteiger partial charge in [-0.05, 0) is 36.5 Å². The van der Waals surface area contributed by atoms with Crippen molar-refractivity contribution < 1.29 is 0 Å². The third-order valence-electron chi connectivity index (χ3n) is 3.23. The van der Waals surface area contributed by atoms with E-state index in [2.05, 4.69) is 41.5 Å². The normalized spacial score (nSPS) is 16.6. The molecule has 0 aliphatic rings. The summed E-state index contributed by atoms with van der Waals surface area (Å²) in [5.41, 5.74) is 0. The highest BCUT2D eigenvalue weighted by Gasteiger charge is 2.15. The summed E-state index contributed by atoms with van der Waals surface area (Å²) in [5.74, 6) is 3.56. The molecular weight excluding hydrogens is 156 g/mol. The molecule has 80 valence electrons. The van der Waals surface area contributed by atoms with Gasteiger partial charge in [0, 0.05) is 0 Å². The van der Waals surface area contributed by atoms with Crippen LogP contribution in [0.3, 0.4) is 0 Å². The molecule has 0 bridgehead atoms. The van der Waals surface area contributed by atoms with E-state index in [9.17, 15) is 0 Å². The molecule has 0 aromatic heterocycles. The van der Waals surface area contributed by atoms with E-state index in [4.69, 9.17) is 0 Å². The Morgan fingerprint density at radius 3 is 1.69 bits per heavy atom. The lowest BCUT2D eigenvalue weighted by molar-refractivity contribution is 0.280. The van der Waals surface area contributed by atoms with E-state index in [1.807, 2.05) is 0 Å². The molecule has 0 amide bonds. The Labute approximate surface area is 85.1 Å². The van der Waals surface area contributed by atoms with Gasteiger partial charge in [-0.25, -0.2) is 0 Å². The van der Waals surface area contributed by atoms with Crippen molar-refractivity contribution in [2.24, 2.45) is 23.7 Å². The molecule has 0 aliphatic carbocycles. The van der Waals surface area contributed by atoms with Crippen LogP contribution in [0.2, 0.25) is 0 Å². The highest BCUT2D eigenvalue weighted by atomic mass is 14.2. The molecule has 0 rings (SSSR count). The zero-order chi connectivity index (χ0) is 10.4. The molecule has 0 unspecified atom stereocenters. The Bertz CT molecular complexity index is 113. The third-order valence-corrected chi connectivity index (χ3v) is 3.23. The lowest BCUT2D eigenvalue weighted by Crippen LogP contribution is -2.12.